The molecule has 1 aromatic carbocycles. The average molecular weight is 329 g/mol. The van der Waals surface area contributed by atoms with Gasteiger partial charge < -0.3 is 14.4 Å². The molecule has 1 aromatic heterocycles. The van der Waals surface area contributed by atoms with Crippen LogP contribution in [0.15, 0.2) is 24.3 Å². The molecule has 0 spiro atoms. The number of amides is 1. The van der Waals surface area contributed by atoms with Gasteiger partial charge in [-0.05, 0) is 30.5 Å². The van der Waals surface area contributed by atoms with Gasteiger partial charge in [0, 0.05) is 19.2 Å². The van der Waals surface area contributed by atoms with Gasteiger partial charge in [-0.3, -0.25) is 9.48 Å². The summed E-state index contributed by atoms with van der Waals surface area (Å²) in [5.41, 5.74) is 3.18. The maximum atomic E-state index is 12.7. The fraction of sp³-hybridized carbons (Fsp3) is 0.444. The zero-order chi connectivity index (χ0) is 17.1. The van der Waals surface area contributed by atoms with Crippen LogP contribution in [0.3, 0.4) is 0 Å². The molecule has 0 N–H and O–H groups in total. The van der Waals surface area contributed by atoms with E-state index in [0.29, 0.717) is 18.8 Å². The summed E-state index contributed by atoms with van der Waals surface area (Å²) in [7, 11) is 5.18. The molecule has 6 heteroatoms. The minimum absolute atomic E-state index is 0.133. The van der Waals surface area contributed by atoms with Crippen molar-refractivity contribution in [3.05, 3.63) is 41.1 Å². The number of aromatic nitrogens is 2. The predicted molar refractivity (Wildman–Crippen MR) is 90.2 cm³/mol. The number of benzene rings is 1. The Morgan fingerprint density at radius 2 is 1.96 bits per heavy atom. The lowest BCUT2D eigenvalue weighted by atomic mass is 10.1. The molecular weight excluding hydrogens is 306 g/mol. The van der Waals surface area contributed by atoms with Crippen LogP contribution in [0.5, 0.6) is 11.6 Å². The Morgan fingerprint density at radius 3 is 2.62 bits per heavy atom. The highest BCUT2D eigenvalue weighted by Gasteiger charge is 2.25. The zero-order valence-corrected chi connectivity index (χ0v) is 14.4. The van der Waals surface area contributed by atoms with Crippen molar-refractivity contribution in [2.45, 2.75) is 25.8 Å². The van der Waals surface area contributed by atoms with Crippen molar-refractivity contribution < 1.29 is 14.3 Å². The van der Waals surface area contributed by atoms with Crippen molar-refractivity contribution in [1.82, 2.24) is 14.7 Å². The lowest BCUT2D eigenvalue weighted by molar-refractivity contribution is -0.131. The van der Waals surface area contributed by atoms with E-state index in [9.17, 15) is 4.79 Å². The first-order valence-electron chi connectivity index (χ1n) is 8.11. The monoisotopic (exact) mass is 329 g/mol. The highest BCUT2D eigenvalue weighted by atomic mass is 16.5. The number of carbonyl (C=O) groups excluding carboxylic acids is 1. The smallest absolute Gasteiger partial charge is 0.236 e. The van der Waals surface area contributed by atoms with Crippen LogP contribution in [0, 0.1) is 0 Å². The van der Waals surface area contributed by atoms with Crippen molar-refractivity contribution in [3.63, 3.8) is 0 Å². The van der Waals surface area contributed by atoms with Crippen LogP contribution in [0.4, 0.5) is 0 Å². The number of fused-ring (bicyclic) bond motifs is 1. The number of ether oxygens (including phenoxy) is 2. The fourth-order valence-electron chi connectivity index (χ4n) is 3.14. The molecular formula is C18H23N3O3. The molecule has 2 heterocycles. The Labute approximate surface area is 142 Å². The maximum Gasteiger partial charge on any atom is 0.236 e. The SMILES string of the molecule is COc1ccc(CC(=O)N2CCCc3c(OC)nn(C)c3C2)cc1. The molecule has 3 rings (SSSR count). The minimum Gasteiger partial charge on any atom is -0.497 e. The van der Waals surface area contributed by atoms with E-state index in [4.69, 9.17) is 9.47 Å². The van der Waals surface area contributed by atoms with Gasteiger partial charge in [0.25, 0.3) is 0 Å². The molecule has 6 nitrogen and oxygen atoms in total. The summed E-state index contributed by atoms with van der Waals surface area (Å²) in [5, 5.41) is 4.39. The molecule has 0 atom stereocenters. The third-order valence-electron chi connectivity index (χ3n) is 4.49. The fourth-order valence-corrected chi connectivity index (χ4v) is 3.14. The van der Waals surface area contributed by atoms with E-state index in [1.54, 1.807) is 14.2 Å². The standard InChI is InChI=1S/C18H23N3O3/c1-20-16-12-21(10-4-5-15(16)18(19-20)24-3)17(22)11-13-6-8-14(23-2)9-7-13/h6-9H,4-5,10-12H2,1-3H3. The van der Waals surface area contributed by atoms with Gasteiger partial charge in [-0.1, -0.05) is 12.1 Å². The van der Waals surface area contributed by atoms with E-state index >= 15 is 0 Å². The molecule has 128 valence electrons. The molecule has 0 aliphatic carbocycles. The maximum absolute atomic E-state index is 12.7. The zero-order valence-electron chi connectivity index (χ0n) is 14.4. The van der Waals surface area contributed by atoms with Gasteiger partial charge in [0.2, 0.25) is 11.8 Å². The van der Waals surface area contributed by atoms with E-state index in [1.807, 2.05) is 40.9 Å². The van der Waals surface area contributed by atoms with E-state index in [0.717, 1.165) is 42.0 Å². The Kier molecular flexibility index (Phi) is 4.74. The summed E-state index contributed by atoms with van der Waals surface area (Å²) in [5.74, 6) is 1.61. The summed E-state index contributed by atoms with van der Waals surface area (Å²) in [6.45, 7) is 1.34. The number of hydrogen-bond acceptors (Lipinski definition) is 4. The number of carbonyl (C=O) groups is 1. The highest BCUT2D eigenvalue weighted by Crippen LogP contribution is 2.27. The molecule has 1 aliphatic rings. The molecule has 0 fully saturated rings. The largest absolute Gasteiger partial charge is 0.497 e. The normalized spacial score (nSPS) is 14.0. The molecule has 0 unspecified atom stereocenters. The van der Waals surface area contributed by atoms with Crippen LogP contribution < -0.4 is 9.47 Å². The van der Waals surface area contributed by atoms with Crippen LogP contribution in [0.2, 0.25) is 0 Å². The Morgan fingerprint density at radius 1 is 1.21 bits per heavy atom. The third-order valence-corrected chi connectivity index (χ3v) is 4.49. The van der Waals surface area contributed by atoms with E-state index in [-0.39, 0.29) is 5.91 Å². The van der Waals surface area contributed by atoms with Gasteiger partial charge in [-0.25, -0.2) is 0 Å². The lowest BCUT2D eigenvalue weighted by Crippen LogP contribution is -2.32. The lowest BCUT2D eigenvalue weighted by Gasteiger charge is -2.21. The summed E-state index contributed by atoms with van der Waals surface area (Å²) in [6.07, 6.45) is 2.20. The summed E-state index contributed by atoms with van der Waals surface area (Å²) >= 11 is 0. The molecule has 0 saturated heterocycles. The van der Waals surface area contributed by atoms with Crippen LogP contribution in [-0.2, 0) is 31.2 Å². The quantitative estimate of drug-likeness (QED) is 0.860. The first kappa shape index (κ1) is 16.4. The van der Waals surface area contributed by atoms with Gasteiger partial charge >= 0.3 is 0 Å². The van der Waals surface area contributed by atoms with Crippen molar-refractivity contribution in [2.75, 3.05) is 20.8 Å². The van der Waals surface area contributed by atoms with Gasteiger partial charge in [-0.2, -0.15) is 0 Å². The molecule has 2 aromatic rings. The highest BCUT2D eigenvalue weighted by molar-refractivity contribution is 5.79. The van der Waals surface area contributed by atoms with Gasteiger partial charge in [-0.15, -0.1) is 5.10 Å². The van der Waals surface area contributed by atoms with E-state index in [1.165, 1.54) is 0 Å². The van der Waals surface area contributed by atoms with Crippen molar-refractivity contribution in [2.24, 2.45) is 7.05 Å². The van der Waals surface area contributed by atoms with Crippen LogP contribution in [0.25, 0.3) is 0 Å². The summed E-state index contributed by atoms with van der Waals surface area (Å²) in [4.78, 5) is 14.6. The first-order chi connectivity index (χ1) is 11.6. The second-order valence-corrected chi connectivity index (χ2v) is 6.00. The van der Waals surface area contributed by atoms with Gasteiger partial charge in [0.1, 0.15) is 5.75 Å². The Hall–Kier alpha value is -2.50. The van der Waals surface area contributed by atoms with Crippen LogP contribution in [0.1, 0.15) is 23.2 Å². The number of hydrogen-bond donors (Lipinski definition) is 0. The molecule has 0 bridgehead atoms. The van der Waals surface area contributed by atoms with Crippen LogP contribution in [-0.4, -0.2) is 41.4 Å². The number of aryl methyl sites for hydroxylation is 1. The van der Waals surface area contributed by atoms with Crippen LogP contribution >= 0.6 is 0 Å². The molecule has 1 aliphatic heterocycles. The predicted octanol–water partition coefficient (Wildman–Crippen LogP) is 1.95. The summed E-state index contributed by atoms with van der Waals surface area (Å²) < 4.78 is 12.3. The van der Waals surface area contributed by atoms with E-state index in [2.05, 4.69) is 5.10 Å². The summed E-state index contributed by atoms with van der Waals surface area (Å²) in [6, 6.07) is 7.64. The second-order valence-electron chi connectivity index (χ2n) is 6.00. The number of rotatable bonds is 4. The van der Waals surface area contributed by atoms with E-state index < -0.39 is 0 Å². The second kappa shape index (κ2) is 6.95. The first-order valence-corrected chi connectivity index (χ1v) is 8.11. The topological polar surface area (TPSA) is 56.6 Å². The third kappa shape index (κ3) is 3.22. The Bertz CT molecular complexity index is 722. The van der Waals surface area contributed by atoms with Crippen molar-refractivity contribution >= 4 is 5.91 Å². The van der Waals surface area contributed by atoms with Gasteiger partial charge in [0.05, 0.1) is 32.9 Å². The Balaban J connectivity index is 1.73. The molecule has 24 heavy (non-hydrogen) atoms. The minimum atomic E-state index is 0.133. The average Bonchev–Trinajstić information content (AvgIpc) is 2.77. The van der Waals surface area contributed by atoms with Crippen molar-refractivity contribution in [3.8, 4) is 11.6 Å². The molecule has 0 saturated carbocycles. The van der Waals surface area contributed by atoms with Gasteiger partial charge in [0.15, 0.2) is 0 Å². The van der Waals surface area contributed by atoms with Crippen molar-refractivity contribution in [1.29, 1.82) is 0 Å². The molecule has 0 radical (unpaired) electrons. The number of methoxy groups -OCH3 is 2. The molecule has 1 amide bonds. The number of nitrogens with zero attached hydrogens (tertiary/aromatic N) is 3.